The SMILES string of the molecule is N[C@@H](Cc1ccc(O)cc1)C(=O)[O-].N[C@@H](Cc1ccc(O)cc1)C(=O)[O-].O.O.[Na+].[Na+]. The van der Waals surface area contributed by atoms with Gasteiger partial charge in [0.05, 0.1) is 11.9 Å². The zero-order valence-electron chi connectivity index (χ0n) is 16.9. The second kappa shape index (κ2) is 18.6. The van der Waals surface area contributed by atoms with Crippen molar-refractivity contribution in [1.82, 2.24) is 0 Å². The van der Waals surface area contributed by atoms with E-state index in [2.05, 4.69) is 0 Å². The second-order valence-electron chi connectivity index (χ2n) is 5.59. The molecule has 0 unspecified atom stereocenters. The number of aliphatic carboxylic acids is 2. The number of nitrogens with two attached hydrogens (primary N) is 2. The molecule has 0 aliphatic rings. The first-order chi connectivity index (χ1) is 12.2. The molecule has 2 aromatic rings. The van der Waals surface area contributed by atoms with Crippen LogP contribution in [-0.4, -0.2) is 45.2 Å². The predicted molar refractivity (Wildman–Crippen MR) is 96.8 cm³/mol. The van der Waals surface area contributed by atoms with E-state index in [1.54, 1.807) is 24.3 Å². The molecule has 2 rings (SSSR count). The number of carbonyl (C=O) groups excluding carboxylic acids is 2. The molecule has 10 nitrogen and oxygen atoms in total. The van der Waals surface area contributed by atoms with Gasteiger partial charge in [-0.2, -0.15) is 0 Å². The Bertz CT molecular complexity index is 666. The number of phenolic OH excluding ortho intramolecular Hbond substituents is 2. The molecular weight excluding hydrogens is 418 g/mol. The summed E-state index contributed by atoms with van der Waals surface area (Å²) in [4.78, 5) is 20.6. The average Bonchev–Trinajstić information content (AvgIpc) is 2.59. The predicted octanol–water partition coefficient (Wildman–Crippen LogP) is -9.62. The smallest absolute Gasteiger partial charge is 0.548 e. The first kappa shape index (κ1) is 36.2. The van der Waals surface area contributed by atoms with Gasteiger partial charge in [-0.15, -0.1) is 0 Å². The molecule has 30 heavy (non-hydrogen) atoms. The fourth-order valence-corrected chi connectivity index (χ4v) is 1.94. The monoisotopic (exact) mass is 442 g/mol. The van der Waals surface area contributed by atoms with E-state index in [4.69, 9.17) is 21.7 Å². The molecule has 0 amide bonds. The minimum absolute atomic E-state index is 0. The van der Waals surface area contributed by atoms with Crippen molar-refractivity contribution in [3.05, 3.63) is 59.7 Å². The van der Waals surface area contributed by atoms with Crippen LogP contribution in [0.15, 0.2) is 48.5 Å². The van der Waals surface area contributed by atoms with Gasteiger partial charge in [-0.3, -0.25) is 0 Å². The van der Waals surface area contributed by atoms with Crippen LogP contribution in [0.2, 0.25) is 0 Å². The summed E-state index contributed by atoms with van der Waals surface area (Å²) in [5, 5.41) is 38.5. The standard InChI is InChI=1S/2C9H11NO3.2Na.2H2O/c2*10-8(9(12)13)5-6-1-3-7(11)4-2-6;;;;/h2*1-4,8,11H,5,10H2,(H,12,13);;;2*1H2/q;;2*+1;;/p-2/t2*8-;;;;/m00..../s1. The van der Waals surface area contributed by atoms with Gasteiger partial charge in [0.1, 0.15) is 11.5 Å². The van der Waals surface area contributed by atoms with Gasteiger partial charge in [0, 0.05) is 12.1 Å². The molecule has 2 atom stereocenters. The minimum atomic E-state index is -1.27. The summed E-state index contributed by atoms with van der Waals surface area (Å²) in [5.41, 5.74) is 12.0. The van der Waals surface area contributed by atoms with Crippen LogP contribution in [0.1, 0.15) is 11.1 Å². The first-order valence-electron chi connectivity index (χ1n) is 7.67. The zero-order chi connectivity index (χ0) is 19.7. The van der Waals surface area contributed by atoms with Crippen LogP contribution in [0, 0.1) is 0 Å². The Morgan fingerprint density at radius 2 is 0.933 bits per heavy atom. The summed E-state index contributed by atoms with van der Waals surface area (Å²) in [6.45, 7) is 0. The maximum absolute atomic E-state index is 10.3. The Labute approximate surface area is 218 Å². The van der Waals surface area contributed by atoms with E-state index in [-0.39, 0.29) is 94.4 Å². The minimum Gasteiger partial charge on any atom is -0.548 e. The fraction of sp³-hybridized carbons (Fsp3) is 0.222. The number of hydrogen-bond acceptors (Lipinski definition) is 8. The van der Waals surface area contributed by atoms with Gasteiger partial charge < -0.3 is 52.4 Å². The topological polar surface area (TPSA) is 236 Å². The van der Waals surface area contributed by atoms with Crippen LogP contribution in [0.25, 0.3) is 0 Å². The van der Waals surface area contributed by atoms with E-state index in [0.717, 1.165) is 11.1 Å². The van der Waals surface area contributed by atoms with E-state index >= 15 is 0 Å². The maximum Gasteiger partial charge on any atom is 1.00 e. The van der Waals surface area contributed by atoms with Crippen LogP contribution in [0.3, 0.4) is 0 Å². The van der Waals surface area contributed by atoms with E-state index in [0.29, 0.717) is 0 Å². The van der Waals surface area contributed by atoms with E-state index in [9.17, 15) is 19.8 Å². The number of carboxylic acids is 2. The van der Waals surface area contributed by atoms with Gasteiger partial charge in [0.15, 0.2) is 0 Å². The molecule has 156 valence electrons. The van der Waals surface area contributed by atoms with Gasteiger partial charge in [0.2, 0.25) is 0 Å². The third kappa shape index (κ3) is 14.7. The number of benzene rings is 2. The normalized spacial score (nSPS) is 10.7. The Balaban J connectivity index is -0.000000199. The van der Waals surface area contributed by atoms with Crippen molar-refractivity contribution in [3.8, 4) is 11.5 Å². The van der Waals surface area contributed by atoms with E-state index < -0.39 is 24.0 Å². The molecule has 0 bridgehead atoms. The van der Waals surface area contributed by atoms with Gasteiger partial charge in [0.25, 0.3) is 0 Å². The van der Waals surface area contributed by atoms with Crippen LogP contribution >= 0.6 is 0 Å². The van der Waals surface area contributed by atoms with Crippen LogP contribution in [0.5, 0.6) is 11.5 Å². The van der Waals surface area contributed by atoms with Gasteiger partial charge in [-0.05, 0) is 48.2 Å². The molecule has 0 spiro atoms. The molecular formula is C18H24N2Na2O8. The summed E-state index contributed by atoms with van der Waals surface area (Å²) in [6.07, 6.45) is 0.422. The Kier molecular flexibility index (Phi) is 22.4. The van der Waals surface area contributed by atoms with Crippen LogP contribution in [-0.2, 0) is 22.4 Å². The second-order valence-corrected chi connectivity index (χ2v) is 5.59. The van der Waals surface area contributed by atoms with Crippen molar-refractivity contribution in [1.29, 1.82) is 0 Å². The van der Waals surface area contributed by atoms with Crippen molar-refractivity contribution < 1.29 is 100 Å². The third-order valence-electron chi connectivity index (χ3n) is 3.39. The number of phenols is 2. The zero-order valence-corrected chi connectivity index (χ0v) is 20.9. The number of aromatic hydroxyl groups is 2. The largest absolute Gasteiger partial charge is 1.00 e. The third-order valence-corrected chi connectivity index (χ3v) is 3.39. The number of rotatable bonds is 6. The molecule has 0 aliphatic carbocycles. The summed E-state index contributed by atoms with van der Waals surface area (Å²) < 4.78 is 0. The Morgan fingerprint density at radius 3 is 1.13 bits per heavy atom. The summed E-state index contributed by atoms with van der Waals surface area (Å²) in [6, 6.07) is 10.4. The van der Waals surface area contributed by atoms with Crippen molar-refractivity contribution in [3.63, 3.8) is 0 Å². The van der Waals surface area contributed by atoms with Crippen molar-refractivity contribution >= 4 is 11.9 Å². The van der Waals surface area contributed by atoms with Gasteiger partial charge in [-0.1, -0.05) is 24.3 Å². The quantitative estimate of drug-likeness (QED) is 0.313. The number of carboxylic acid groups (broad SMARTS) is 2. The average molecular weight is 442 g/mol. The summed E-state index contributed by atoms with van der Waals surface area (Å²) >= 11 is 0. The van der Waals surface area contributed by atoms with Crippen molar-refractivity contribution in [2.75, 3.05) is 0 Å². The summed E-state index contributed by atoms with van der Waals surface area (Å²) in [7, 11) is 0. The molecule has 0 fully saturated rings. The first-order valence-corrected chi connectivity index (χ1v) is 7.67. The Hall–Kier alpha value is -1.18. The number of carbonyl (C=O) groups is 2. The number of hydrogen-bond donors (Lipinski definition) is 4. The molecule has 0 saturated carbocycles. The van der Waals surface area contributed by atoms with E-state index in [1.807, 2.05) is 0 Å². The van der Waals surface area contributed by atoms with Gasteiger partial charge >= 0.3 is 59.1 Å². The molecule has 10 N–H and O–H groups in total. The van der Waals surface area contributed by atoms with Crippen molar-refractivity contribution in [2.45, 2.75) is 24.9 Å². The fourth-order valence-electron chi connectivity index (χ4n) is 1.94. The molecule has 0 aromatic heterocycles. The molecule has 0 heterocycles. The van der Waals surface area contributed by atoms with Crippen LogP contribution in [0.4, 0.5) is 0 Å². The maximum atomic E-state index is 10.3. The van der Waals surface area contributed by atoms with Crippen LogP contribution < -0.4 is 80.8 Å². The van der Waals surface area contributed by atoms with Gasteiger partial charge in [-0.25, -0.2) is 0 Å². The molecule has 0 saturated heterocycles. The summed E-state index contributed by atoms with van der Waals surface area (Å²) in [5.74, 6) is -2.25. The molecule has 0 aliphatic heterocycles. The molecule has 2 aromatic carbocycles. The van der Waals surface area contributed by atoms with Crippen molar-refractivity contribution in [2.24, 2.45) is 11.5 Å². The van der Waals surface area contributed by atoms with E-state index in [1.165, 1.54) is 24.3 Å². The molecule has 12 heteroatoms. The molecule has 0 radical (unpaired) electrons. The Morgan fingerprint density at radius 1 is 0.700 bits per heavy atom.